The molecular weight excluding hydrogens is 220 g/mol. The molecule has 0 heterocycles. The maximum Gasteiger partial charge on any atom is 0.341 e. The van der Waals surface area contributed by atoms with Crippen LogP contribution in [0.2, 0.25) is 0 Å². The molecule has 0 fully saturated rings. The standard InChI is InChI=1S/C13H18O4/c1-4-7-17-12-6-5-10(9-15-2)8-11(12)13(14)16-3/h5-6,8H,4,7,9H2,1-3H3. The first-order chi connectivity index (χ1) is 8.22. The molecule has 0 saturated carbocycles. The van der Waals surface area contributed by atoms with Gasteiger partial charge in [0.25, 0.3) is 0 Å². The summed E-state index contributed by atoms with van der Waals surface area (Å²) in [6.45, 7) is 3.04. The number of ether oxygens (including phenoxy) is 3. The molecule has 0 aliphatic carbocycles. The normalized spacial score (nSPS) is 10.1. The molecule has 1 aromatic rings. The highest BCUT2D eigenvalue weighted by molar-refractivity contribution is 5.92. The number of methoxy groups -OCH3 is 2. The van der Waals surface area contributed by atoms with Crippen LogP contribution in [0.3, 0.4) is 0 Å². The van der Waals surface area contributed by atoms with E-state index in [2.05, 4.69) is 0 Å². The Bertz CT molecular complexity index is 374. The third kappa shape index (κ3) is 3.75. The van der Waals surface area contributed by atoms with Crippen molar-refractivity contribution in [2.24, 2.45) is 0 Å². The van der Waals surface area contributed by atoms with E-state index < -0.39 is 5.97 Å². The largest absolute Gasteiger partial charge is 0.493 e. The Hall–Kier alpha value is -1.55. The lowest BCUT2D eigenvalue weighted by Crippen LogP contribution is -2.07. The number of benzene rings is 1. The van der Waals surface area contributed by atoms with Crippen LogP contribution in [0.1, 0.15) is 29.3 Å². The molecule has 17 heavy (non-hydrogen) atoms. The Morgan fingerprint density at radius 3 is 2.65 bits per heavy atom. The van der Waals surface area contributed by atoms with Gasteiger partial charge in [-0.05, 0) is 24.1 Å². The minimum atomic E-state index is -0.394. The Kier molecular flexibility index (Phi) is 5.49. The van der Waals surface area contributed by atoms with Gasteiger partial charge in [-0.25, -0.2) is 4.79 Å². The van der Waals surface area contributed by atoms with E-state index in [-0.39, 0.29) is 0 Å². The zero-order valence-electron chi connectivity index (χ0n) is 10.5. The summed E-state index contributed by atoms with van der Waals surface area (Å²) < 4.78 is 15.3. The quantitative estimate of drug-likeness (QED) is 0.714. The van der Waals surface area contributed by atoms with Crippen molar-refractivity contribution in [1.82, 2.24) is 0 Å². The summed E-state index contributed by atoms with van der Waals surface area (Å²) in [6, 6.07) is 5.39. The van der Waals surface area contributed by atoms with Gasteiger partial charge in [0, 0.05) is 7.11 Å². The van der Waals surface area contributed by atoms with Crippen LogP contribution in [0.25, 0.3) is 0 Å². The SMILES string of the molecule is CCCOc1ccc(COC)cc1C(=O)OC. The first kappa shape index (κ1) is 13.5. The third-order valence-corrected chi connectivity index (χ3v) is 2.22. The molecule has 0 aromatic heterocycles. The molecule has 0 atom stereocenters. The molecular formula is C13H18O4. The van der Waals surface area contributed by atoms with Gasteiger partial charge in [0.05, 0.1) is 20.3 Å². The molecule has 0 unspecified atom stereocenters. The maximum absolute atomic E-state index is 11.6. The predicted octanol–water partition coefficient (Wildman–Crippen LogP) is 2.41. The molecule has 0 bridgehead atoms. The zero-order valence-corrected chi connectivity index (χ0v) is 10.5. The second-order valence-electron chi connectivity index (χ2n) is 3.60. The number of hydrogen-bond acceptors (Lipinski definition) is 4. The lowest BCUT2D eigenvalue weighted by Gasteiger charge is -2.11. The van der Waals surface area contributed by atoms with E-state index in [1.54, 1.807) is 19.2 Å². The van der Waals surface area contributed by atoms with E-state index in [0.29, 0.717) is 24.5 Å². The second kappa shape index (κ2) is 6.91. The first-order valence-corrected chi connectivity index (χ1v) is 5.55. The lowest BCUT2D eigenvalue weighted by molar-refractivity contribution is 0.0595. The Labute approximate surface area is 101 Å². The van der Waals surface area contributed by atoms with Crippen LogP contribution in [0, 0.1) is 0 Å². The summed E-state index contributed by atoms with van der Waals surface area (Å²) >= 11 is 0. The summed E-state index contributed by atoms with van der Waals surface area (Å²) in [6.07, 6.45) is 0.889. The zero-order chi connectivity index (χ0) is 12.7. The monoisotopic (exact) mass is 238 g/mol. The molecule has 0 spiro atoms. The van der Waals surface area contributed by atoms with Gasteiger partial charge in [0.1, 0.15) is 11.3 Å². The van der Waals surface area contributed by atoms with E-state index in [9.17, 15) is 4.79 Å². The molecule has 1 aromatic carbocycles. The number of rotatable bonds is 6. The molecule has 0 N–H and O–H groups in total. The van der Waals surface area contributed by atoms with Gasteiger partial charge in [-0.2, -0.15) is 0 Å². The molecule has 0 aliphatic rings. The van der Waals surface area contributed by atoms with Gasteiger partial charge in [-0.1, -0.05) is 13.0 Å². The van der Waals surface area contributed by atoms with Crippen LogP contribution in [0.15, 0.2) is 18.2 Å². The molecule has 94 valence electrons. The van der Waals surface area contributed by atoms with Crippen molar-refractivity contribution in [3.8, 4) is 5.75 Å². The predicted molar refractivity (Wildman–Crippen MR) is 64.3 cm³/mol. The Morgan fingerprint density at radius 1 is 1.29 bits per heavy atom. The highest BCUT2D eigenvalue weighted by Gasteiger charge is 2.13. The van der Waals surface area contributed by atoms with Gasteiger partial charge in [-0.15, -0.1) is 0 Å². The molecule has 4 nitrogen and oxygen atoms in total. The van der Waals surface area contributed by atoms with Crippen molar-refractivity contribution in [2.45, 2.75) is 20.0 Å². The number of carbonyl (C=O) groups is 1. The summed E-state index contributed by atoms with van der Waals surface area (Å²) in [5, 5.41) is 0. The second-order valence-corrected chi connectivity index (χ2v) is 3.60. The Balaban J connectivity index is 2.98. The highest BCUT2D eigenvalue weighted by Crippen LogP contribution is 2.21. The fourth-order valence-electron chi connectivity index (χ4n) is 1.44. The van der Waals surface area contributed by atoms with E-state index in [1.165, 1.54) is 7.11 Å². The van der Waals surface area contributed by atoms with Crippen molar-refractivity contribution < 1.29 is 19.0 Å². The smallest absolute Gasteiger partial charge is 0.341 e. The van der Waals surface area contributed by atoms with Crippen molar-refractivity contribution >= 4 is 5.97 Å². The van der Waals surface area contributed by atoms with Crippen molar-refractivity contribution in [1.29, 1.82) is 0 Å². The summed E-state index contributed by atoms with van der Waals surface area (Å²) in [5.41, 5.74) is 1.35. The van der Waals surface area contributed by atoms with Gasteiger partial charge < -0.3 is 14.2 Å². The van der Waals surface area contributed by atoms with Gasteiger partial charge >= 0.3 is 5.97 Å². The van der Waals surface area contributed by atoms with Gasteiger partial charge in [-0.3, -0.25) is 0 Å². The molecule has 1 rings (SSSR count). The Morgan fingerprint density at radius 2 is 2.06 bits per heavy atom. The molecule has 0 aliphatic heterocycles. The molecule has 0 amide bonds. The fourth-order valence-corrected chi connectivity index (χ4v) is 1.44. The summed E-state index contributed by atoms with van der Waals surface area (Å²) in [4.78, 5) is 11.6. The minimum absolute atomic E-state index is 0.394. The van der Waals surface area contributed by atoms with Crippen molar-refractivity contribution in [3.05, 3.63) is 29.3 Å². The van der Waals surface area contributed by atoms with Gasteiger partial charge in [0.2, 0.25) is 0 Å². The minimum Gasteiger partial charge on any atom is -0.493 e. The van der Waals surface area contributed by atoms with Crippen LogP contribution in [0.4, 0.5) is 0 Å². The van der Waals surface area contributed by atoms with E-state index in [4.69, 9.17) is 14.2 Å². The fraction of sp³-hybridized carbons (Fsp3) is 0.462. The molecule has 4 heteroatoms. The average molecular weight is 238 g/mol. The average Bonchev–Trinajstić information content (AvgIpc) is 2.36. The number of esters is 1. The van der Waals surface area contributed by atoms with E-state index >= 15 is 0 Å². The summed E-state index contributed by atoms with van der Waals surface area (Å²) in [7, 11) is 2.97. The van der Waals surface area contributed by atoms with Crippen LogP contribution < -0.4 is 4.74 Å². The van der Waals surface area contributed by atoms with E-state index in [0.717, 1.165) is 12.0 Å². The van der Waals surface area contributed by atoms with Crippen LogP contribution in [-0.2, 0) is 16.1 Å². The highest BCUT2D eigenvalue weighted by atomic mass is 16.5. The third-order valence-electron chi connectivity index (χ3n) is 2.22. The molecule has 0 saturated heterocycles. The number of carbonyl (C=O) groups excluding carboxylic acids is 1. The number of hydrogen-bond donors (Lipinski definition) is 0. The maximum atomic E-state index is 11.6. The van der Waals surface area contributed by atoms with Crippen LogP contribution >= 0.6 is 0 Å². The molecule has 0 radical (unpaired) electrons. The first-order valence-electron chi connectivity index (χ1n) is 5.55. The van der Waals surface area contributed by atoms with Crippen LogP contribution in [-0.4, -0.2) is 26.8 Å². The van der Waals surface area contributed by atoms with Gasteiger partial charge in [0.15, 0.2) is 0 Å². The van der Waals surface area contributed by atoms with E-state index in [1.807, 2.05) is 13.0 Å². The van der Waals surface area contributed by atoms with Crippen molar-refractivity contribution in [2.75, 3.05) is 20.8 Å². The summed E-state index contributed by atoms with van der Waals surface area (Å²) in [5.74, 6) is 0.160. The van der Waals surface area contributed by atoms with Crippen LogP contribution in [0.5, 0.6) is 5.75 Å². The van der Waals surface area contributed by atoms with Crippen molar-refractivity contribution in [3.63, 3.8) is 0 Å². The topological polar surface area (TPSA) is 44.8 Å². The lowest BCUT2D eigenvalue weighted by atomic mass is 10.1.